The minimum absolute atomic E-state index is 0.194. The van der Waals surface area contributed by atoms with E-state index in [0.29, 0.717) is 6.42 Å². The van der Waals surface area contributed by atoms with E-state index in [1.165, 1.54) is 0 Å². The molecule has 0 amide bonds. The van der Waals surface area contributed by atoms with Crippen LogP contribution in [0.1, 0.15) is 6.42 Å². The van der Waals surface area contributed by atoms with Gasteiger partial charge in [0.2, 0.25) is 0 Å². The third kappa shape index (κ3) is 2.40. The number of rotatable bonds is 2. The van der Waals surface area contributed by atoms with Gasteiger partial charge in [0.25, 0.3) is 0 Å². The second kappa shape index (κ2) is 2.36. The fourth-order valence-corrected chi connectivity index (χ4v) is 2.51. The van der Waals surface area contributed by atoms with E-state index >= 15 is 0 Å². The predicted octanol–water partition coefficient (Wildman–Crippen LogP) is 1.36. The maximum atomic E-state index is 10.3. The lowest BCUT2D eigenvalue weighted by atomic mass is 10.5. The Bertz CT molecular complexity index is 187. The van der Waals surface area contributed by atoms with E-state index in [1.54, 1.807) is 0 Å². The summed E-state index contributed by atoms with van der Waals surface area (Å²) < 4.78 is 9.47. The van der Waals surface area contributed by atoms with Crippen molar-refractivity contribution in [3.63, 3.8) is 0 Å². The highest BCUT2D eigenvalue weighted by atomic mass is 35.5. The molecule has 6 heteroatoms. The van der Waals surface area contributed by atoms with Crippen LogP contribution >= 0.6 is 30.8 Å². The molecule has 1 rings (SSSR count). The Morgan fingerprint density at radius 1 is 1.60 bits per heavy atom. The van der Waals surface area contributed by atoms with Crippen LogP contribution in [0.15, 0.2) is 0 Å². The van der Waals surface area contributed by atoms with Crippen LogP contribution in [0.5, 0.6) is 0 Å². The summed E-state index contributed by atoms with van der Waals surface area (Å²) in [5.74, 6) is -0.225. The Balaban J connectivity index is 2.38. The summed E-state index contributed by atoms with van der Waals surface area (Å²) in [6.45, 7) is 0. The molecule has 0 aromatic rings. The summed E-state index contributed by atoms with van der Waals surface area (Å²) in [6, 6.07) is 0. The smallest absolute Gasteiger partial charge is 0.324 e. The first-order valence-electron chi connectivity index (χ1n) is 2.74. The van der Waals surface area contributed by atoms with E-state index in [9.17, 15) is 4.57 Å². The Hall–Kier alpha value is 0.730. The summed E-state index contributed by atoms with van der Waals surface area (Å²) in [5.41, 5.74) is 0. The Kier molecular flexibility index (Phi) is 2.08. The number of hydrogen-bond acceptors (Lipinski definition) is 1. The molecule has 3 nitrogen and oxygen atoms in total. The second-order valence-electron chi connectivity index (χ2n) is 2.51. The van der Waals surface area contributed by atoms with E-state index in [0.717, 1.165) is 0 Å². The quantitative estimate of drug-likeness (QED) is 0.528. The lowest BCUT2D eigenvalue weighted by Gasteiger charge is -2.01. The zero-order valence-corrected chi connectivity index (χ0v) is 7.40. The van der Waals surface area contributed by atoms with Crippen LogP contribution in [0, 0.1) is 5.92 Å². The molecular formula is C4H7Cl2O3P. The number of alkyl halides is 2. The maximum absolute atomic E-state index is 10.3. The second-order valence-corrected chi connectivity index (χ2v) is 5.75. The molecule has 1 saturated carbocycles. The molecule has 0 saturated heterocycles. The third-order valence-corrected chi connectivity index (χ3v) is 3.26. The minimum atomic E-state index is -3.91. The molecule has 0 heterocycles. The highest BCUT2D eigenvalue weighted by molar-refractivity contribution is 7.51. The molecule has 1 atom stereocenters. The maximum Gasteiger partial charge on any atom is 0.325 e. The highest BCUT2D eigenvalue weighted by Crippen LogP contribution is 2.58. The predicted molar refractivity (Wildman–Crippen MR) is 39.5 cm³/mol. The van der Waals surface area contributed by atoms with Gasteiger partial charge in [-0.3, -0.25) is 4.57 Å². The van der Waals surface area contributed by atoms with Gasteiger partial charge in [-0.2, -0.15) is 0 Å². The fourth-order valence-electron chi connectivity index (χ4n) is 0.755. The molecular weight excluding hydrogens is 198 g/mol. The molecule has 0 bridgehead atoms. The van der Waals surface area contributed by atoms with Crippen molar-refractivity contribution < 1.29 is 14.4 Å². The normalized spacial score (nSPS) is 30.2. The van der Waals surface area contributed by atoms with Crippen molar-refractivity contribution >= 4 is 30.8 Å². The average Bonchev–Trinajstić information content (AvgIpc) is 2.05. The SMILES string of the molecule is O=P(O)(O)CC1CC1(Cl)Cl. The van der Waals surface area contributed by atoms with Crippen molar-refractivity contribution in [1.29, 1.82) is 0 Å². The van der Waals surface area contributed by atoms with Crippen molar-refractivity contribution in [2.45, 2.75) is 10.8 Å². The molecule has 10 heavy (non-hydrogen) atoms. The van der Waals surface area contributed by atoms with Crippen LogP contribution < -0.4 is 0 Å². The molecule has 1 aliphatic rings. The van der Waals surface area contributed by atoms with Gasteiger partial charge in [-0.1, -0.05) is 0 Å². The average molecular weight is 205 g/mol. The first-order chi connectivity index (χ1) is 4.31. The van der Waals surface area contributed by atoms with E-state index in [2.05, 4.69) is 0 Å². The zero-order valence-electron chi connectivity index (χ0n) is 5.00. The lowest BCUT2D eigenvalue weighted by molar-refractivity contribution is 0.370. The van der Waals surface area contributed by atoms with Gasteiger partial charge in [0.15, 0.2) is 0 Å². The minimum Gasteiger partial charge on any atom is -0.324 e. The Morgan fingerprint density at radius 3 is 2.10 bits per heavy atom. The molecule has 0 aromatic heterocycles. The molecule has 2 N–H and O–H groups in total. The third-order valence-electron chi connectivity index (χ3n) is 1.41. The van der Waals surface area contributed by atoms with Gasteiger partial charge in [-0.05, 0) is 6.42 Å². The van der Waals surface area contributed by atoms with Gasteiger partial charge in [0.05, 0.1) is 6.16 Å². The Labute approximate surface area is 68.5 Å². The van der Waals surface area contributed by atoms with Crippen LogP contribution in [0.25, 0.3) is 0 Å². The van der Waals surface area contributed by atoms with E-state index in [4.69, 9.17) is 33.0 Å². The van der Waals surface area contributed by atoms with Gasteiger partial charge >= 0.3 is 7.60 Å². The summed E-state index contributed by atoms with van der Waals surface area (Å²) in [5, 5.41) is 0. The van der Waals surface area contributed by atoms with Crippen molar-refractivity contribution in [3.8, 4) is 0 Å². The van der Waals surface area contributed by atoms with Gasteiger partial charge < -0.3 is 9.79 Å². The summed E-state index contributed by atoms with van der Waals surface area (Å²) in [6.07, 6.45) is 0.293. The van der Waals surface area contributed by atoms with Crippen LogP contribution in [0.3, 0.4) is 0 Å². The van der Waals surface area contributed by atoms with Crippen molar-refractivity contribution in [1.82, 2.24) is 0 Å². The Morgan fingerprint density at radius 2 is 2.00 bits per heavy atom. The monoisotopic (exact) mass is 204 g/mol. The van der Waals surface area contributed by atoms with Crippen LogP contribution in [-0.4, -0.2) is 20.3 Å². The van der Waals surface area contributed by atoms with Crippen molar-refractivity contribution in [3.05, 3.63) is 0 Å². The summed E-state index contributed by atoms with van der Waals surface area (Å²) >= 11 is 11.1. The van der Waals surface area contributed by atoms with Gasteiger partial charge in [-0.15, -0.1) is 23.2 Å². The molecule has 1 fully saturated rings. The van der Waals surface area contributed by atoms with E-state index in [-0.39, 0.29) is 12.1 Å². The molecule has 0 aliphatic heterocycles. The fraction of sp³-hybridized carbons (Fsp3) is 1.00. The lowest BCUT2D eigenvalue weighted by Crippen LogP contribution is -1.96. The van der Waals surface area contributed by atoms with Gasteiger partial charge in [0, 0.05) is 5.92 Å². The van der Waals surface area contributed by atoms with E-state index < -0.39 is 11.9 Å². The molecule has 0 radical (unpaired) electrons. The van der Waals surface area contributed by atoms with Crippen LogP contribution in [-0.2, 0) is 4.57 Å². The van der Waals surface area contributed by atoms with Crippen LogP contribution in [0.2, 0.25) is 0 Å². The molecule has 1 aliphatic carbocycles. The highest BCUT2D eigenvalue weighted by Gasteiger charge is 2.53. The van der Waals surface area contributed by atoms with Crippen molar-refractivity contribution in [2.75, 3.05) is 6.16 Å². The first kappa shape index (κ1) is 8.82. The van der Waals surface area contributed by atoms with Crippen molar-refractivity contribution in [2.24, 2.45) is 5.92 Å². The number of halogens is 2. The number of hydrogen-bond donors (Lipinski definition) is 2. The summed E-state index contributed by atoms with van der Waals surface area (Å²) in [7, 11) is -3.91. The van der Waals surface area contributed by atoms with E-state index in [1.807, 2.05) is 0 Å². The van der Waals surface area contributed by atoms with Crippen LogP contribution in [0.4, 0.5) is 0 Å². The first-order valence-corrected chi connectivity index (χ1v) is 5.29. The molecule has 0 aromatic carbocycles. The summed E-state index contributed by atoms with van der Waals surface area (Å²) in [4.78, 5) is 16.9. The molecule has 1 unspecified atom stereocenters. The zero-order chi connectivity index (χ0) is 7.99. The topological polar surface area (TPSA) is 57.5 Å². The van der Waals surface area contributed by atoms with Gasteiger partial charge in [-0.25, -0.2) is 0 Å². The molecule has 60 valence electrons. The standard InChI is InChI=1S/C4H7Cl2O3P/c5-4(6)1-3(4)2-10(7,8)9/h3H,1-2H2,(H2,7,8,9). The van der Waals surface area contributed by atoms with Gasteiger partial charge in [0.1, 0.15) is 4.33 Å². The molecule has 0 spiro atoms. The largest absolute Gasteiger partial charge is 0.325 e.